The van der Waals surface area contributed by atoms with Crippen molar-refractivity contribution < 1.29 is 17.5 Å². The van der Waals surface area contributed by atoms with E-state index in [-0.39, 0.29) is 4.90 Å². The summed E-state index contributed by atoms with van der Waals surface area (Å²) in [4.78, 5) is -0.178. The number of imidazole rings is 1. The van der Waals surface area contributed by atoms with E-state index in [1.54, 1.807) is 12.1 Å². The van der Waals surface area contributed by atoms with Crippen molar-refractivity contribution in [1.29, 1.82) is 0 Å². The highest BCUT2D eigenvalue weighted by molar-refractivity contribution is 7.85. The van der Waals surface area contributed by atoms with Gasteiger partial charge in [-0.15, -0.1) is 0 Å². The molecule has 0 saturated carbocycles. The third kappa shape index (κ3) is 4.67. The average Bonchev–Trinajstić information content (AvgIpc) is 2.93. The molecule has 3 aromatic carbocycles. The van der Waals surface area contributed by atoms with Crippen LogP contribution < -0.4 is 4.57 Å². The molecular formula is C22H21ClN2O3S. The van der Waals surface area contributed by atoms with Crippen molar-refractivity contribution in [2.24, 2.45) is 7.05 Å². The van der Waals surface area contributed by atoms with Crippen LogP contribution in [0.4, 0.5) is 0 Å². The predicted molar refractivity (Wildman–Crippen MR) is 113 cm³/mol. The van der Waals surface area contributed by atoms with Crippen LogP contribution in [0.3, 0.4) is 0 Å². The fourth-order valence-electron chi connectivity index (χ4n) is 3.06. The number of aromatic nitrogens is 2. The van der Waals surface area contributed by atoms with Gasteiger partial charge in [0.25, 0.3) is 5.82 Å². The number of para-hydroxylation sites is 1. The number of fused-ring (bicyclic) bond motifs is 1. The van der Waals surface area contributed by atoms with Gasteiger partial charge in [-0.3, -0.25) is 0 Å². The van der Waals surface area contributed by atoms with E-state index in [4.69, 9.17) is 11.6 Å². The molecule has 0 bridgehead atoms. The summed E-state index contributed by atoms with van der Waals surface area (Å²) >= 11 is 6.08. The first-order chi connectivity index (χ1) is 13.7. The molecule has 0 aliphatic heterocycles. The van der Waals surface area contributed by atoms with Gasteiger partial charge in [-0.1, -0.05) is 47.5 Å². The fraction of sp³-hybridized carbons (Fsp3) is 0.136. The quantitative estimate of drug-likeness (QED) is 0.353. The Hall–Kier alpha value is -2.67. The van der Waals surface area contributed by atoms with E-state index in [1.165, 1.54) is 29.2 Å². The zero-order chi connectivity index (χ0) is 21.2. The summed E-state index contributed by atoms with van der Waals surface area (Å²) in [5, 5.41) is 0.767. The van der Waals surface area contributed by atoms with Crippen LogP contribution in [-0.2, 0) is 17.2 Å². The van der Waals surface area contributed by atoms with Gasteiger partial charge in [0, 0.05) is 18.0 Å². The third-order valence-corrected chi connectivity index (χ3v) is 5.76. The van der Waals surface area contributed by atoms with E-state index in [0.717, 1.165) is 16.1 Å². The minimum Gasteiger partial charge on any atom is -0.744 e. The summed E-state index contributed by atoms with van der Waals surface area (Å²) in [6.45, 7) is 3.93. The highest BCUT2D eigenvalue weighted by atomic mass is 35.5. The molecule has 0 amide bonds. The SMILES string of the molecule is Cc1ccc(S(=O)(=O)[O-])cc1.Cc1n(-c2ccccc2)c2ccc(Cl)cc2[n+]1C. The lowest BCUT2D eigenvalue weighted by atomic mass is 10.2. The molecule has 0 N–H and O–H groups in total. The van der Waals surface area contributed by atoms with E-state index >= 15 is 0 Å². The molecule has 0 spiro atoms. The Morgan fingerprint density at radius 1 is 0.931 bits per heavy atom. The van der Waals surface area contributed by atoms with Crippen molar-refractivity contribution in [2.45, 2.75) is 18.7 Å². The molecule has 0 atom stereocenters. The second-order valence-electron chi connectivity index (χ2n) is 6.68. The fourth-order valence-corrected chi connectivity index (χ4v) is 3.70. The highest BCUT2D eigenvalue weighted by Gasteiger charge is 2.20. The maximum absolute atomic E-state index is 10.4. The van der Waals surface area contributed by atoms with E-state index in [2.05, 4.69) is 53.4 Å². The molecular weight excluding hydrogens is 408 g/mol. The second kappa shape index (κ2) is 8.37. The van der Waals surface area contributed by atoms with Crippen molar-refractivity contribution in [1.82, 2.24) is 4.57 Å². The van der Waals surface area contributed by atoms with Gasteiger partial charge in [-0.2, -0.15) is 4.57 Å². The maximum atomic E-state index is 10.4. The molecule has 0 aliphatic rings. The lowest BCUT2D eigenvalue weighted by molar-refractivity contribution is -0.652. The van der Waals surface area contributed by atoms with Crippen LogP contribution in [0.2, 0.25) is 5.02 Å². The standard InChI is InChI=1S/C15H14ClN2.C7H8O3S/c1-11-17(2)15-10-12(16)8-9-14(15)18(11)13-6-4-3-5-7-13;1-6-2-4-7(5-3-6)11(8,9)10/h3-10H,1-2H3;2-5H,1H3,(H,8,9,10)/q+1;/p-1. The zero-order valence-electron chi connectivity index (χ0n) is 16.3. The number of hydrogen-bond acceptors (Lipinski definition) is 3. The first kappa shape index (κ1) is 21.0. The van der Waals surface area contributed by atoms with Crippen molar-refractivity contribution in [3.05, 3.63) is 89.2 Å². The Morgan fingerprint density at radius 3 is 2.14 bits per heavy atom. The topological polar surface area (TPSA) is 66.0 Å². The van der Waals surface area contributed by atoms with Crippen LogP contribution in [0.15, 0.2) is 77.7 Å². The number of rotatable bonds is 2. The van der Waals surface area contributed by atoms with Gasteiger partial charge in [-0.05, 0) is 43.3 Å². The van der Waals surface area contributed by atoms with Crippen molar-refractivity contribution in [2.75, 3.05) is 0 Å². The number of nitrogens with zero attached hydrogens (tertiary/aromatic N) is 2. The van der Waals surface area contributed by atoms with Gasteiger partial charge in [0.2, 0.25) is 0 Å². The van der Waals surface area contributed by atoms with E-state index in [9.17, 15) is 13.0 Å². The average molecular weight is 429 g/mol. The Labute approximate surface area is 175 Å². The van der Waals surface area contributed by atoms with Crippen molar-refractivity contribution in [3.8, 4) is 5.69 Å². The molecule has 0 aliphatic carbocycles. The first-order valence-electron chi connectivity index (χ1n) is 8.93. The summed E-state index contributed by atoms with van der Waals surface area (Å²) in [6, 6.07) is 22.1. The predicted octanol–water partition coefficient (Wildman–Crippen LogP) is 4.32. The van der Waals surface area contributed by atoms with E-state index in [0.29, 0.717) is 0 Å². The van der Waals surface area contributed by atoms with Crippen LogP contribution in [0.25, 0.3) is 16.7 Å². The van der Waals surface area contributed by atoms with Crippen LogP contribution in [0, 0.1) is 13.8 Å². The normalized spacial score (nSPS) is 11.2. The number of aryl methyl sites for hydroxylation is 2. The molecule has 0 unspecified atom stereocenters. The molecule has 0 radical (unpaired) electrons. The van der Waals surface area contributed by atoms with Gasteiger partial charge >= 0.3 is 0 Å². The lowest BCUT2D eigenvalue weighted by Crippen LogP contribution is -2.30. The molecule has 1 heterocycles. The molecule has 7 heteroatoms. The van der Waals surface area contributed by atoms with Crippen LogP contribution in [0.5, 0.6) is 0 Å². The molecule has 29 heavy (non-hydrogen) atoms. The van der Waals surface area contributed by atoms with Gasteiger partial charge in [0.1, 0.15) is 15.8 Å². The van der Waals surface area contributed by atoms with Crippen LogP contribution >= 0.6 is 11.6 Å². The van der Waals surface area contributed by atoms with Crippen LogP contribution in [0.1, 0.15) is 11.4 Å². The summed E-state index contributed by atoms with van der Waals surface area (Å²) < 4.78 is 35.6. The largest absolute Gasteiger partial charge is 0.744 e. The number of benzene rings is 3. The molecule has 150 valence electrons. The summed E-state index contributed by atoms with van der Waals surface area (Å²) in [7, 11) is -2.21. The maximum Gasteiger partial charge on any atom is 0.259 e. The Morgan fingerprint density at radius 2 is 1.55 bits per heavy atom. The van der Waals surface area contributed by atoms with Crippen molar-refractivity contribution in [3.63, 3.8) is 0 Å². The number of halogens is 1. The smallest absolute Gasteiger partial charge is 0.259 e. The Balaban J connectivity index is 0.000000188. The van der Waals surface area contributed by atoms with E-state index < -0.39 is 10.1 Å². The zero-order valence-corrected chi connectivity index (χ0v) is 17.9. The molecule has 0 saturated heterocycles. The first-order valence-corrected chi connectivity index (χ1v) is 10.7. The van der Waals surface area contributed by atoms with Crippen molar-refractivity contribution >= 4 is 32.8 Å². The van der Waals surface area contributed by atoms with Gasteiger partial charge in [0.15, 0.2) is 11.0 Å². The van der Waals surface area contributed by atoms with Crippen LogP contribution in [-0.4, -0.2) is 17.5 Å². The monoisotopic (exact) mass is 428 g/mol. The van der Waals surface area contributed by atoms with E-state index in [1.807, 2.05) is 25.1 Å². The molecule has 4 rings (SSSR count). The Kier molecular flexibility index (Phi) is 6.07. The summed E-state index contributed by atoms with van der Waals surface area (Å²) in [5.41, 5.74) is 4.41. The molecule has 0 fully saturated rings. The van der Waals surface area contributed by atoms with Gasteiger partial charge in [0.05, 0.1) is 11.9 Å². The molecule has 5 nitrogen and oxygen atoms in total. The third-order valence-electron chi connectivity index (χ3n) is 4.67. The Bertz CT molecular complexity index is 1250. The second-order valence-corrected chi connectivity index (χ2v) is 8.49. The lowest BCUT2D eigenvalue weighted by Gasteiger charge is -2.05. The van der Waals surface area contributed by atoms with Gasteiger partial charge < -0.3 is 4.55 Å². The van der Waals surface area contributed by atoms with Gasteiger partial charge in [-0.25, -0.2) is 13.0 Å². The summed E-state index contributed by atoms with van der Waals surface area (Å²) in [6.07, 6.45) is 0. The minimum absolute atomic E-state index is 0.178. The molecule has 4 aromatic rings. The minimum atomic E-state index is -4.27. The number of hydrogen-bond donors (Lipinski definition) is 0. The summed E-state index contributed by atoms with van der Waals surface area (Å²) in [5.74, 6) is 1.18. The highest BCUT2D eigenvalue weighted by Crippen LogP contribution is 2.22. The molecule has 1 aromatic heterocycles.